The summed E-state index contributed by atoms with van der Waals surface area (Å²) in [4.78, 5) is 11.6. The van der Waals surface area contributed by atoms with Crippen LogP contribution in [0, 0.1) is 11.3 Å². The molecule has 0 aliphatic heterocycles. The topological polar surface area (TPSA) is 73.1 Å². The molecule has 1 aromatic heterocycles. The van der Waals surface area contributed by atoms with Crippen LogP contribution in [0.25, 0.3) is 5.57 Å². The van der Waals surface area contributed by atoms with E-state index in [1.807, 2.05) is 17.5 Å². The first-order valence-electron chi connectivity index (χ1n) is 5.45. The van der Waals surface area contributed by atoms with Crippen LogP contribution in [0.1, 0.15) is 15.2 Å². The van der Waals surface area contributed by atoms with E-state index in [0.717, 1.165) is 10.6 Å². The first-order chi connectivity index (χ1) is 9.20. The second kappa shape index (κ2) is 5.85. The number of benzene rings is 1. The van der Waals surface area contributed by atoms with E-state index in [9.17, 15) is 4.79 Å². The predicted molar refractivity (Wildman–Crippen MR) is 74.9 cm³/mol. The van der Waals surface area contributed by atoms with Crippen LogP contribution in [-0.2, 0) is 0 Å². The molecule has 0 fully saturated rings. The summed E-state index contributed by atoms with van der Waals surface area (Å²) in [7, 11) is 0. The van der Waals surface area contributed by atoms with Crippen molar-refractivity contribution >= 4 is 28.6 Å². The summed E-state index contributed by atoms with van der Waals surface area (Å²) < 4.78 is 0. The molecule has 2 aromatic rings. The molecular weight excluding hydrogens is 260 g/mol. The van der Waals surface area contributed by atoms with Gasteiger partial charge >= 0.3 is 5.97 Å². The molecular formula is C14H10N2O2S. The lowest BCUT2D eigenvalue weighted by Crippen LogP contribution is -1.96. The van der Waals surface area contributed by atoms with E-state index < -0.39 is 5.97 Å². The molecule has 2 N–H and O–H groups in total. The zero-order valence-electron chi connectivity index (χ0n) is 9.83. The Bertz CT molecular complexity index is 637. The minimum absolute atomic E-state index is 0.230. The molecule has 19 heavy (non-hydrogen) atoms. The molecule has 94 valence electrons. The van der Waals surface area contributed by atoms with E-state index in [-0.39, 0.29) is 5.56 Å². The molecule has 1 aromatic carbocycles. The number of thiophene rings is 1. The van der Waals surface area contributed by atoms with Crippen LogP contribution < -0.4 is 5.32 Å². The number of hydrogen-bond donors (Lipinski definition) is 2. The molecule has 5 heteroatoms. The normalized spacial score (nSPS) is 10.8. The van der Waals surface area contributed by atoms with Crippen LogP contribution in [-0.4, -0.2) is 11.1 Å². The number of carboxylic acids is 1. The van der Waals surface area contributed by atoms with Crippen LogP contribution >= 0.6 is 11.3 Å². The van der Waals surface area contributed by atoms with Gasteiger partial charge in [-0.25, -0.2) is 4.79 Å². The van der Waals surface area contributed by atoms with Gasteiger partial charge in [0.15, 0.2) is 0 Å². The van der Waals surface area contributed by atoms with Crippen molar-refractivity contribution in [3.05, 3.63) is 58.4 Å². The third-order valence-electron chi connectivity index (χ3n) is 2.42. The largest absolute Gasteiger partial charge is 0.478 e. The standard InChI is InChI=1S/C14H10N2O2S/c15-8-11(13-2-1-7-19-13)9-16-12-5-3-10(4-6-12)14(17)18/h1-7,9,16H,(H,17,18)/b11-9+. The Labute approximate surface area is 114 Å². The third-order valence-corrected chi connectivity index (χ3v) is 3.33. The zero-order valence-corrected chi connectivity index (χ0v) is 10.6. The molecule has 2 rings (SSSR count). The van der Waals surface area contributed by atoms with Gasteiger partial charge in [-0.15, -0.1) is 11.3 Å². The van der Waals surface area contributed by atoms with E-state index in [2.05, 4.69) is 11.4 Å². The number of hydrogen-bond acceptors (Lipinski definition) is 4. The molecule has 4 nitrogen and oxygen atoms in total. The van der Waals surface area contributed by atoms with Gasteiger partial charge in [0.1, 0.15) is 6.07 Å². The minimum Gasteiger partial charge on any atom is -0.478 e. The molecule has 0 bridgehead atoms. The molecule has 0 amide bonds. The van der Waals surface area contributed by atoms with E-state index in [4.69, 9.17) is 10.4 Å². The Kier molecular flexibility index (Phi) is 3.96. The Morgan fingerprint density at radius 1 is 1.32 bits per heavy atom. The van der Waals surface area contributed by atoms with Crippen LogP contribution in [0.2, 0.25) is 0 Å². The first kappa shape index (κ1) is 12.9. The third kappa shape index (κ3) is 3.21. The van der Waals surface area contributed by atoms with Gasteiger partial charge in [-0.3, -0.25) is 0 Å². The van der Waals surface area contributed by atoms with Crippen molar-refractivity contribution in [1.82, 2.24) is 0 Å². The number of carbonyl (C=O) groups is 1. The maximum Gasteiger partial charge on any atom is 0.335 e. The van der Waals surface area contributed by atoms with Crippen molar-refractivity contribution in [1.29, 1.82) is 5.26 Å². The van der Waals surface area contributed by atoms with Crippen LogP contribution in [0.3, 0.4) is 0 Å². The van der Waals surface area contributed by atoms with E-state index in [1.165, 1.54) is 23.5 Å². The van der Waals surface area contributed by atoms with Crippen LogP contribution in [0.5, 0.6) is 0 Å². The van der Waals surface area contributed by atoms with E-state index in [1.54, 1.807) is 18.3 Å². The summed E-state index contributed by atoms with van der Waals surface area (Å²) in [5, 5.41) is 22.7. The number of anilines is 1. The predicted octanol–water partition coefficient (Wildman–Crippen LogP) is 3.42. The van der Waals surface area contributed by atoms with Crippen LogP contribution in [0.4, 0.5) is 5.69 Å². The molecule has 0 radical (unpaired) electrons. The van der Waals surface area contributed by atoms with Crippen molar-refractivity contribution in [2.24, 2.45) is 0 Å². The van der Waals surface area contributed by atoms with E-state index >= 15 is 0 Å². The second-order valence-electron chi connectivity index (χ2n) is 3.67. The number of allylic oxidation sites excluding steroid dienone is 1. The zero-order chi connectivity index (χ0) is 13.7. The lowest BCUT2D eigenvalue weighted by atomic mass is 10.2. The summed E-state index contributed by atoms with van der Waals surface area (Å²) in [6.45, 7) is 0. The fraction of sp³-hybridized carbons (Fsp3) is 0. The monoisotopic (exact) mass is 270 g/mol. The van der Waals surface area contributed by atoms with Crippen molar-refractivity contribution in [3.8, 4) is 6.07 Å². The Morgan fingerprint density at radius 2 is 2.05 bits per heavy atom. The number of nitriles is 1. The van der Waals surface area contributed by atoms with Crippen molar-refractivity contribution < 1.29 is 9.90 Å². The molecule has 0 saturated heterocycles. The maximum atomic E-state index is 10.7. The molecule has 0 aliphatic rings. The Morgan fingerprint density at radius 3 is 2.58 bits per heavy atom. The maximum absolute atomic E-state index is 10.7. The summed E-state index contributed by atoms with van der Waals surface area (Å²) in [5.74, 6) is -0.960. The highest BCUT2D eigenvalue weighted by atomic mass is 32.1. The van der Waals surface area contributed by atoms with Gasteiger partial charge in [0, 0.05) is 16.8 Å². The SMILES string of the molecule is N#C/C(=C\Nc1ccc(C(=O)O)cc1)c1cccs1. The highest BCUT2D eigenvalue weighted by molar-refractivity contribution is 7.11. The van der Waals surface area contributed by atoms with Gasteiger partial charge in [0.2, 0.25) is 0 Å². The molecule has 0 atom stereocenters. The number of rotatable bonds is 4. The first-order valence-corrected chi connectivity index (χ1v) is 6.32. The summed E-state index contributed by atoms with van der Waals surface area (Å²) in [5.41, 5.74) is 1.50. The van der Waals surface area contributed by atoms with Gasteiger partial charge in [0.05, 0.1) is 11.1 Å². The Balaban J connectivity index is 2.13. The highest BCUT2D eigenvalue weighted by Gasteiger charge is 2.02. The van der Waals surface area contributed by atoms with Gasteiger partial charge < -0.3 is 10.4 Å². The van der Waals surface area contributed by atoms with Crippen molar-refractivity contribution in [2.75, 3.05) is 5.32 Å². The molecule has 0 spiro atoms. The molecule has 0 aliphatic carbocycles. The van der Waals surface area contributed by atoms with Crippen molar-refractivity contribution in [3.63, 3.8) is 0 Å². The second-order valence-corrected chi connectivity index (χ2v) is 4.62. The smallest absolute Gasteiger partial charge is 0.335 e. The van der Waals surface area contributed by atoms with Gasteiger partial charge in [-0.2, -0.15) is 5.26 Å². The number of carboxylic acid groups (broad SMARTS) is 1. The van der Waals surface area contributed by atoms with Crippen molar-refractivity contribution in [2.45, 2.75) is 0 Å². The minimum atomic E-state index is -0.960. The lowest BCUT2D eigenvalue weighted by Gasteiger charge is -2.02. The summed E-state index contributed by atoms with van der Waals surface area (Å²) >= 11 is 1.49. The number of nitrogens with one attached hydrogen (secondary N) is 1. The van der Waals surface area contributed by atoms with Gasteiger partial charge in [0.25, 0.3) is 0 Å². The fourth-order valence-electron chi connectivity index (χ4n) is 1.45. The Hall–Kier alpha value is -2.58. The van der Waals surface area contributed by atoms with Gasteiger partial charge in [-0.1, -0.05) is 6.07 Å². The van der Waals surface area contributed by atoms with Crippen LogP contribution in [0.15, 0.2) is 48.0 Å². The quantitative estimate of drug-likeness (QED) is 0.835. The molecule has 0 saturated carbocycles. The average molecular weight is 270 g/mol. The number of aromatic carboxylic acids is 1. The summed E-state index contributed by atoms with van der Waals surface area (Å²) in [6.07, 6.45) is 1.61. The average Bonchev–Trinajstić information content (AvgIpc) is 2.94. The summed E-state index contributed by atoms with van der Waals surface area (Å²) in [6, 6.07) is 12.2. The molecule has 1 heterocycles. The fourth-order valence-corrected chi connectivity index (χ4v) is 2.15. The molecule has 0 unspecified atom stereocenters. The lowest BCUT2D eigenvalue weighted by molar-refractivity contribution is 0.0697. The van der Waals surface area contributed by atoms with E-state index in [0.29, 0.717) is 5.57 Å². The number of nitrogens with zero attached hydrogens (tertiary/aromatic N) is 1. The highest BCUT2D eigenvalue weighted by Crippen LogP contribution is 2.19. The van der Waals surface area contributed by atoms with Gasteiger partial charge in [-0.05, 0) is 35.7 Å².